The second-order valence-corrected chi connectivity index (χ2v) is 12.8. The number of rotatable bonds is 8. The third-order valence-electron chi connectivity index (χ3n) is 10.4. The molecular weight excluding hydrogens is 594 g/mol. The average molecular weight is 634 g/mol. The minimum Gasteiger partial charge on any atom is -0.502 e. The molecule has 244 valence electrons. The van der Waals surface area contributed by atoms with E-state index >= 15 is 0 Å². The molecule has 1 aromatic carbocycles. The highest BCUT2D eigenvalue weighted by molar-refractivity contribution is 5.90. The van der Waals surface area contributed by atoms with E-state index in [4.69, 9.17) is 18.9 Å². The zero-order valence-electron chi connectivity index (χ0n) is 26.5. The SMILES string of the molecule is CC(=O)OC(CC1=C(O)C(=O)OC1)C1(C)C2CCC=C(C)C2(C)C(OC(=O)c2cccnc2)C(OC(=O)c2ccccc2)C1(C)O. The Hall–Kier alpha value is -4.51. The molecule has 3 aliphatic rings. The van der Waals surface area contributed by atoms with Crippen molar-refractivity contribution in [2.45, 2.75) is 77.8 Å². The van der Waals surface area contributed by atoms with E-state index in [2.05, 4.69) is 4.98 Å². The monoisotopic (exact) mass is 633 g/mol. The predicted molar refractivity (Wildman–Crippen MR) is 163 cm³/mol. The van der Waals surface area contributed by atoms with Gasteiger partial charge < -0.3 is 29.2 Å². The van der Waals surface area contributed by atoms with Crippen LogP contribution >= 0.6 is 0 Å². The highest BCUT2D eigenvalue weighted by atomic mass is 16.6. The standard InChI is InChI=1S/C35H39NO10/c1-20-11-9-15-25-33(20,3)28(45-31(40)23-14-10-16-36-18-23)29(46-30(39)22-12-7-6-8-13-22)35(5,42)34(25,4)26(44-21(2)37)17-24-19-43-32(41)27(24)38/h6-8,10-14,16,18,25-26,28-29,38,42H,9,15,17,19H2,1-5H3. The molecule has 5 rings (SSSR count). The minimum absolute atomic E-state index is 0.140. The highest BCUT2D eigenvalue weighted by Crippen LogP contribution is 2.65. The summed E-state index contributed by atoms with van der Waals surface area (Å²) < 4.78 is 23.4. The number of aliphatic hydroxyl groups excluding tert-OH is 1. The summed E-state index contributed by atoms with van der Waals surface area (Å²) >= 11 is 0. The Balaban J connectivity index is 1.70. The lowest BCUT2D eigenvalue weighted by Gasteiger charge is -2.66. The van der Waals surface area contributed by atoms with E-state index in [1.54, 1.807) is 49.4 Å². The lowest BCUT2D eigenvalue weighted by molar-refractivity contribution is -0.290. The van der Waals surface area contributed by atoms with Gasteiger partial charge in [-0.1, -0.05) is 43.7 Å². The number of nitrogens with zero attached hydrogens (tertiary/aromatic N) is 1. The number of pyridine rings is 1. The van der Waals surface area contributed by atoms with Gasteiger partial charge in [-0.05, 0) is 56.9 Å². The second kappa shape index (κ2) is 12.4. The van der Waals surface area contributed by atoms with E-state index in [1.165, 1.54) is 26.2 Å². The lowest BCUT2D eigenvalue weighted by Crippen LogP contribution is -2.75. The van der Waals surface area contributed by atoms with Crippen LogP contribution < -0.4 is 0 Å². The van der Waals surface area contributed by atoms with Crippen molar-refractivity contribution in [3.05, 3.63) is 89.0 Å². The third-order valence-corrected chi connectivity index (χ3v) is 10.4. The molecule has 2 N–H and O–H groups in total. The molecule has 0 radical (unpaired) electrons. The van der Waals surface area contributed by atoms with Crippen molar-refractivity contribution in [2.75, 3.05) is 6.61 Å². The van der Waals surface area contributed by atoms with E-state index in [1.807, 2.05) is 19.9 Å². The van der Waals surface area contributed by atoms with Crippen LogP contribution in [0.5, 0.6) is 0 Å². The van der Waals surface area contributed by atoms with E-state index in [9.17, 15) is 29.4 Å². The number of carbonyl (C=O) groups excluding carboxylic acids is 4. The molecular formula is C35H39NO10. The van der Waals surface area contributed by atoms with Gasteiger partial charge in [-0.25, -0.2) is 14.4 Å². The number of allylic oxidation sites excluding steroid dienone is 1. The first-order valence-corrected chi connectivity index (χ1v) is 15.2. The second-order valence-electron chi connectivity index (χ2n) is 12.8. The first-order chi connectivity index (χ1) is 21.7. The maximum absolute atomic E-state index is 13.7. The summed E-state index contributed by atoms with van der Waals surface area (Å²) in [6.07, 6.45) is 2.06. The van der Waals surface area contributed by atoms with Gasteiger partial charge in [-0.3, -0.25) is 9.78 Å². The predicted octanol–water partition coefficient (Wildman–Crippen LogP) is 4.66. The largest absolute Gasteiger partial charge is 0.502 e. The van der Waals surface area contributed by atoms with Crippen molar-refractivity contribution in [2.24, 2.45) is 16.7 Å². The zero-order valence-corrected chi connectivity index (χ0v) is 26.5. The molecule has 0 spiro atoms. The van der Waals surface area contributed by atoms with Crippen LogP contribution in [0.4, 0.5) is 0 Å². The smallest absolute Gasteiger partial charge is 0.373 e. The maximum atomic E-state index is 13.7. The summed E-state index contributed by atoms with van der Waals surface area (Å²) in [6, 6.07) is 11.4. The van der Waals surface area contributed by atoms with Crippen molar-refractivity contribution in [3.8, 4) is 0 Å². The molecule has 2 aliphatic carbocycles. The van der Waals surface area contributed by atoms with Crippen LogP contribution in [0, 0.1) is 16.7 Å². The zero-order chi connectivity index (χ0) is 33.4. The van der Waals surface area contributed by atoms with E-state index < -0.39 is 70.3 Å². The summed E-state index contributed by atoms with van der Waals surface area (Å²) in [5, 5.41) is 23.3. The van der Waals surface area contributed by atoms with E-state index in [-0.39, 0.29) is 29.7 Å². The van der Waals surface area contributed by atoms with Crippen molar-refractivity contribution in [3.63, 3.8) is 0 Å². The number of hydrogen-bond acceptors (Lipinski definition) is 11. The Morgan fingerprint density at radius 2 is 1.67 bits per heavy atom. The Kier molecular flexibility index (Phi) is 8.83. The molecule has 0 amide bonds. The fourth-order valence-corrected chi connectivity index (χ4v) is 7.60. The van der Waals surface area contributed by atoms with Crippen molar-refractivity contribution >= 4 is 23.9 Å². The van der Waals surface area contributed by atoms with Gasteiger partial charge in [0.1, 0.15) is 18.3 Å². The van der Waals surface area contributed by atoms with Crippen LogP contribution in [0.1, 0.15) is 74.6 Å². The molecule has 7 atom stereocenters. The summed E-state index contributed by atoms with van der Waals surface area (Å²) in [5.74, 6) is -4.12. The minimum atomic E-state index is -2.01. The normalized spacial score (nSPS) is 31.2. The molecule has 1 aliphatic heterocycles. The third kappa shape index (κ3) is 5.46. The van der Waals surface area contributed by atoms with Crippen LogP contribution in [-0.2, 0) is 28.5 Å². The quantitative estimate of drug-likeness (QED) is 0.237. The van der Waals surface area contributed by atoms with Gasteiger partial charge in [-0.2, -0.15) is 0 Å². The molecule has 1 saturated carbocycles. The summed E-state index contributed by atoms with van der Waals surface area (Å²) in [6.45, 7) is 8.04. The number of aromatic nitrogens is 1. The fraction of sp³-hybridized carbons (Fsp3) is 0.457. The van der Waals surface area contributed by atoms with E-state index in [0.29, 0.717) is 12.8 Å². The van der Waals surface area contributed by atoms with Crippen molar-refractivity contribution in [1.29, 1.82) is 0 Å². The van der Waals surface area contributed by atoms with Gasteiger partial charge >= 0.3 is 23.9 Å². The topological polar surface area (TPSA) is 159 Å². The number of esters is 4. The number of benzene rings is 1. The maximum Gasteiger partial charge on any atom is 0.373 e. The number of carbonyl (C=O) groups is 4. The average Bonchev–Trinajstić information content (AvgIpc) is 3.35. The molecule has 1 fully saturated rings. The number of hydrogen-bond donors (Lipinski definition) is 2. The lowest BCUT2D eigenvalue weighted by atomic mass is 9.42. The van der Waals surface area contributed by atoms with Gasteiger partial charge in [0, 0.05) is 42.1 Å². The van der Waals surface area contributed by atoms with Gasteiger partial charge in [-0.15, -0.1) is 0 Å². The van der Waals surface area contributed by atoms with Crippen LogP contribution in [0.25, 0.3) is 0 Å². The molecule has 11 nitrogen and oxygen atoms in total. The first-order valence-electron chi connectivity index (χ1n) is 15.2. The van der Waals surface area contributed by atoms with E-state index in [0.717, 1.165) is 5.57 Å². The Labute approximate surface area is 267 Å². The number of cyclic esters (lactones) is 1. The Morgan fingerprint density at radius 3 is 2.28 bits per heavy atom. The highest BCUT2D eigenvalue weighted by Gasteiger charge is 2.73. The summed E-state index contributed by atoms with van der Waals surface area (Å²) in [5.41, 5.74) is -3.04. The molecule has 46 heavy (non-hydrogen) atoms. The molecule has 2 heterocycles. The van der Waals surface area contributed by atoms with Gasteiger partial charge in [0.15, 0.2) is 12.2 Å². The van der Waals surface area contributed by atoms with Gasteiger partial charge in [0.05, 0.1) is 11.1 Å². The van der Waals surface area contributed by atoms with Gasteiger partial charge in [0.2, 0.25) is 5.76 Å². The van der Waals surface area contributed by atoms with Crippen LogP contribution in [0.2, 0.25) is 0 Å². The van der Waals surface area contributed by atoms with Crippen molar-refractivity contribution in [1.82, 2.24) is 4.98 Å². The van der Waals surface area contributed by atoms with Crippen molar-refractivity contribution < 1.29 is 48.3 Å². The fourth-order valence-electron chi connectivity index (χ4n) is 7.60. The molecule has 0 saturated heterocycles. The van der Waals surface area contributed by atoms with Crippen LogP contribution in [-0.4, -0.2) is 69.6 Å². The van der Waals surface area contributed by atoms with Gasteiger partial charge in [0.25, 0.3) is 0 Å². The molecule has 1 aromatic heterocycles. The summed E-state index contributed by atoms with van der Waals surface area (Å²) in [4.78, 5) is 56.0. The summed E-state index contributed by atoms with van der Waals surface area (Å²) in [7, 11) is 0. The van der Waals surface area contributed by atoms with Crippen LogP contribution in [0.15, 0.2) is 77.8 Å². The Morgan fingerprint density at radius 1 is 1.02 bits per heavy atom. The molecule has 11 heteroatoms. The number of aliphatic hydroxyl groups is 2. The number of fused-ring (bicyclic) bond motifs is 1. The first kappa shape index (κ1) is 32.9. The molecule has 0 bridgehead atoms. The van der Waals surface area contributed by atoms with Crippen LogP contribution in [0.3, 0.4) is 0 Å². The molecule has 2 aromatic rings. The number of ether oxygens (including phenoxy) is 4. The Bertz CT molecular complexity index is 1580. The molecule has 7 unspecified atom stereocenters.